The molecule has 0 aromatic rings. The highest BCUT2D eigenvalue weighted by atomic mass is 16.1. The van der Waals surface area contributed by atoms with Crippen molar-refractivity contribution in [3.63, 3.8) is 0 Å². The molecule has 0 amide bonds. The number of unbranched alkanes of at least 4 members (excludes halogenated alkanes) is 4. The predicted octanol–water partition coefficient (Wildman–Crippen LogP) is 5.03. The van der Waals surface area contributed by atoms with Gasteiger partial charge in [-0.25, -0.2) is 0 Å². The molecule has 0 aliphatic carbocycles. The Balaban J connectivity index is 4.03. The molecule has 0 spiro atoms. The maximum Gasteiger partial charge on any atom is 0.152 e. The molecular weight excluding hydrogens is 246 g/mol. The third kappa shape index (κ3) is 8.52. The van der Waals surface area contributed by atoms with Crippen LogP contribution in [0.25, 0.3) is 0 Å². The van der Waals surface area contributed by atoms with Crippen molar-refractivity contribution in [1.29, 1.82) is 0 Å². The molecule has 0 bridgehead atoms. The van der Waals surface area contributed by atoms with Crippen LogP contribution in [0.2, 0.25) is 0 Å². The van der Waals surface area contributed by atoms with Crippen molar-refractivity contribution in [1.82, 2.24) is 5.32 Å². The SMILES string of the molecule is CCC(=O)[C@](C)(CCCCCCC=C(C)C)NC(C)C. The molecule has 0 unspecified atom stereocenters. The van der Waals surface area contributed by atoms with E-state index < -0.39 is 0 Å². The molecule has 0 aromatic carbocycles. The van der Waals surface area contributed by atoms with Gasteiger partial charge in [0.15, 0.2) is 5.78 Å². The van der Waals surface area contributed by atoms with Gasteiger partial charge in [-0.15, -0.1) is 0 Å². The number of allylic oxidation sites excluding steroid dienone is 2. The van der Waals surface area contributed by atoms with Gasteiger partial charge in [-0.1, -0.05) is 37.8 Å². The summed E-state index contributed by atoms with van der Waals surface area (Å²) < 4.78 is 0. The minimum atomic E-state index is -0.331. The first-order valence-electron chi connectivity index (χ1n) is 8.26. The Morgan fingerprint density at radius 1 is 1.15 bits per heavy atom. The minimum Gasteiger partial charge on any atom is -0.303 e. The standard InChI is InChI=1S/C18H35NO/c1-7-17(20)18(6,19-16(4)5)14-12-10-8-9-11-13-15(2)3/h13,16,19H,7-12,14H2,1-6H3/t18-/m0/s1. The van der Waals surface area contributed by atoms with E-state index in [1.54, 1.807) is 0 Å². The second-order valence-electron chi connectivity index (χ2n) is 6.64. The van der Waals surface area contributed by atoms with Crippen molar-refractivity contribution in [2.45, 2.75) is 98.1 Å². The van der Waals surface area contributed by atoms with Crippen LogP contribution in [0.3, 0.4) is 0 Å². The van der Waals surface area contributed by atoms with Crippen LogP contribution in [-0.4, -0.2) is 17.4 Å². The van der Waals surface area contributed by atoms with Crippen LogP contribution in [0.15, 0.2) is 11.6 Å². The smallest absolute Gasteiger partial charge is 0.152 e. The van der Waals surface area contributed by atoms with E-state index in [9.17, 15) is 4.79 Å². The van der Waals surface area contributed by atoms with Crippen LogP contribution < -0.4 is 5.32 Å². The summed E-state index contributed by atoms with van der Waals surface area (Å²) in [5.74, 6) is 0.343. The van der Waals surface area contributed by atoms with E-state index in [-0.39, 0.29) is 5.54 Å². The van der Waals surface area contributed by atoms with Gasteiger partial charge in [0.1, 0.15) is 0 Å². The molecule has 0 rings (SSSR count). The quantitative estimate of drug-likeness (QED) is 0.425. The molecule has 0 fully saturated rings. The van der Waals surface area contributed by atoms with Crippen LogP contribution in [0.5, 0.6) is 0 Å². The topological polar surface area (TPSA) is 29.1 Å². The van der Waals surface area contributed by atoms with E-state index in [1.165, 1.54) is 31.3 Å². The summed E-state index contributed by atoms with van der Waals surface area (Å²) in [5.41, 5.74) is 1.08. The second-order valence-corrected chi connectivity index (χ2v) is 6.64. The lowest BCUT2D eigenvalue weighted by molar-refractivity contribution is -0.125. The maximum absolute atomic E-state index is 12.1. The Morgan fingerprint density at radius 2 is 1.75 bits per heavy atom. The van der Waals surface area contributed by atoms with Crippen molar-refractivity contribution in [3.8, 4) is 0 Å². The predicted molar refractivity (Wildman–Crippen MR) is 89.1 cm³/mol. The highest BCUT2D eigenvalue weighted by Crippen LogP contribution is 2.19. The number of hydrogen-bond acceptors (Lipinski definition) is 2. The molecule has 0 aliphatic heterocycles. The van der Waals surface area contributed by atoms with Crippen LogP contribution in [0.4, 0.5) is 0 Å². The van der Waals surface area contributed by atoms with Gasteiger partial charge >= 0.3 is 0 Å². The van der Waals surface area contributed by atoms with Crippen molar-refractivity contribution >= 4 is 5.78 Å². The number of ketones is 1. The molecule has 0 saturated heterocycles. The van der Waals surface area contributed by atoms with E-state index in [0.717, 1.165) is 12.8 Å². The monoisotopic (exact) mass is 281 g/mol. The molecule has 0 aliphatic rings. The number of nitrogens with one attached hydrogen (secondary N) is 1. The van der Waals surface area contributed by atoms with E-state index in [2.05, 4.69) is 46.0 Å². The first-order chi connectivity index (χ1) is 9.31. The van der Waals surface area contributed by atoms with E-state index >= 15 is 0 Å². The summed E-state index contributed by atoms with van der Waals surface area (Å²) >= 11 is 0. The molecule has 2 nitrogen and oxygen atoms in total. The lowest BCUT2D eigenvalue weighted by Gasteiger charge is -2.31. The van der Waals surface area contributed by atoms with Gasteiger partial charge in [-0.05, 0) is 53.9 Å². The number of Topliss-reactive ketones (excluding diaryl/α,β-unsaturated/α-hetero) is 1. The summed E-state index contributed by atoms with van der Waals surface area (Å²) in [5, 5.41) is 3.46. The number of hydrogen-bond donors (Lipinski definition) is 1. The van der Waals surface area contributed by atoms with Crippen molar-refractivity contribution in [2.75, 3.05) is 0 Å². The average Bonchev–Trinajstić information content (AvgIpc) is 2.35. The number of carbonyl (C=O) groups excluding carboxylic acids is 1. The Labute approximate surface area is 126 Å². The average molecular weight is 281 g/mol. The molecule has 0 heterocycles. The Kier molecular flexibility index (Phi) is 9.83. The summed E-state index contributed by atoms with van der Waals surface area (Å²) in [6.45, 7) is 12.6. The fourth-order valence-corrected chi connectivity index (χ4v) is 2.69. The number of rotatable bonds is 11. The fraction of sp³-hybridized carbons (Fsp3) is 0.833. The highest BCUT2D eigenvalue weighted by molar-refractivity contribution is 5.87. The molecule has 0 radical (unpaired) electrons. The molecule has 0 aromatic heterocycles. The van der Waals surface area contributed by atoms with Crippen molar-refractivity contribution < 1.29 is 4.79 Å². The zero-order chi connectivity index (χ0) is 15.6. The van der Waals surface area contributed by atoms with Crippen LogP contribution in [0, 0.1) is 0 Å². The lowest BCUT2D eigenvalue weighted by Crippen LogP contribution is -2.52. The van der Waals surface area contributed by atoms with Gasteiger partial charge in [-0.2, -0.15) is 0 Å². The van der Waals surface area contributed by atoms with Crippen LogP contribution in [0.1, 0.15) is 86.5 Å². The summed E-state index contributed by atoms with van der Waals surface area (Å²) in [7, 11) is 0. The summed E-state index contributed by atoms with van der Waals surface area (Å²) in [6.07, 6.45) is 9.98. The Morgan fingerprint density at radius 3 is 2.25 bits per heavy atom. The molecule has 1 atom stereocenters. The molecular formula is C18H35NO. The van der Waals surface area contributed by atoms with Gasteiger partial charge in [0.2, 0.25) is 0 Å². The van der Waals surface area contributed by atoms with Crippen molar-refractivity contribution in [2.24, 2.45) is 0 Å². The molecule has 1 N–H and O–H groups in total. The van der Waals surface area contributed by atoms with Gasteiger partial charge in [0.25, 0.3) is 0 Å². The third-order valence-electron chi connectivity index (χ3n) is 3.73. The summed E-state index contributed by atoms with van der Waals surface area (Å²) in [4.78, 5) is 12.1. The van der Waals surface area contributed by atoms with E-state index in [0.29, 0.717) is 18.2 Å². The van der Waals surface area contributed by atoms with Gasteiger partial charge in [0.05, 0.1) is 5.54 Å². The van der Waals surface area contributed by atoms with Gasteiger partial charge in [0, 0.05) is 12.5 Å². The third-order valence-corrected chi connectivity index (χ3v) is 3.73. The lowest BCUT2D eigenvalue weighted by atomic mass is 9.87. The molecule has 0 saturated carbocycles. The van der Waals surface area contributed by atoms with Gasteiger partial charge in [-0.3, -0.25) is 4.79 Å². The molecule has 20 heavy (non-hydrogen) atoms. The molecule has 2 heteroatoms. The summed E-state index contributed by atoms with van der Waals surface area (Å²) in [6, 6.07) is 0.355. The zero-order valence-electron chi connectivity index (χ0n) is 14.5. The van der Waals surface area contributed by atoms with Crippen molar-refractivity contribution in [3.05, 3.63) is 11.6 Å². The largest absolute Gasteiger partial charge is 0.303 e. The van der Waals surface area contributed by atoms with Crippen LogP contribution >= 0.6 is 0 Å². The Hall–Kier alpha value is -0.630. The normalized spacial score (nSPS) is 14.2. The highest BCUT2D eigenvalue weighted by Gasteiger charge is 2.30. The molecule has 118 valence electrons. The first-order valence-corrected chi connectivity index (χ1v) is 8.26. The number of carbonyl (C=O) groups is 1. The van der Waals surface area contributed by atoms with Gasteiger partial charge < -0.3 is 5.32 Å². The van der Waals surface area contributed by atoms with E-state index in [4.69, 9.17) is 0 Å². The fourth-order valence-electron chi connectivity index (χ4n) is 2.69. The van der Waals surface area contributed by atoms with Crippen LogP contribution in [-0.2, 0) is 4.79 Å². The zero-order valence-corrected chi connectivity index (χ0v) is 14.5. The van der Waals surface area contributed by atoms with E-state index in [1.807, 2.05) is 6.92 Å². The second kappa shape index (κ2) is 10.1. The Bertz CT molecular complexity index is 303. The minimum absolute atomic E-state index is 0.331. The maximum atomic E-state index is 12.1. The first kappa shape index (κ1) is 19.4.